The number of hydrogen-bond acceptors (Lipinski definition) is 0. The lowest BCUT2D eigenvalue weighted by atomic mass is 9.99. The molecule has 0 amide bonds. The van der Waals surface area contributed by atoms with Crippen molar-refractivity contribution in [2.75, 3.05) is 0 Å². The zero-order valence-electron chi connectivity index (χ0n) is 12.6. The molecule has 0 nitrogen and oxygen atoms in total. The number of allylic oxidation sites excluding steroid dienone is 6. The molecule has 1 aliphatic heterocycles. The SMILES string of the molecule is CC(C)C1=CC2=C(c3ccccc3)C=C(C(C)C)C2=P1. The first-order valence-electron chi connectivity index (χ1n) is 7.40. The van der Waals surface area contributed by atoms with Gasteiger partial charge in [-0.2, -0.15) is 0 Å². The molecule has 0 aromatic heterocycles. The maximum absolute atomic E-state index is 2.43. The molecule has 1 heterocycles. The van der Waals surface area contributed by atoms with Gasteiger partial charge in [0, 0.05) is 5.29 Å². The second-order valence-corrected chi connectivity index (χ2v) is 7.32. The highest BCUT2D eigenvalue weighted by atomic mass is 31.1. The minimum absolute atomic E-state index is 0.591. The Labute approximate surface area is 123 Å². The summed E-state index contributed by atoms with van der Waals surface area (Å²) in [6.45, 7) is 9.18. The first-order chi connectivity index (χ1) is 9.58. The first-order valence-corrected chi connectivity index (χ1v) is 8.29. The van der Waals surface area contributed by atoms with Crippen molar-refractivity contribution in [3.05, 3.63) is 64.5 Å². The molecule has 0 radical (unpaired) electrons. The highest BCUT2D eigenvalue weighted by Gasteiger charge is 2.28. The Kier molecular flexibility index (Phi) is 3.52. The van der Waals surface area contributed by atoms with E-state index < -0.39 is 0 Å². The van der Waals surface area contributed by atoms with Crippen LogP contribution in [0.4, 0.5) is 0 Å². The second kappa shape index (κ2) is 5.19. The van der Waals surface area contributed by atoms with Gasteiger partial charge in [-0.15, -0.1) is 0 Å². The summed E-state index contributed by atoms with van der Waals surface area (Å²) in [5.74, 6) is 1.22. The van der Waals surface area contributed by atoms with Crippen LogP contribution in [0.3, 0.4) is 0 Å². The number of benzene rings is 1. The lowest BCUT2D eigenvalue weighted by Crippen LogP contribution is -2.02. The number of hydrogen-bond donors (Lipinski definition) is 0. The van der Waals surface area contributed by atoms with Gasteiger partial charge in [-0.1, -0.05) is 66.2 Å². The monoisotopic (exact) mass is 280 g/mol. The molecular weight excluding hydrogens is 259 g/mol. The van der Waals surface area contributed by atoms with Crippen LogP contribution in [0, 0.1) is 11.8 Å². The van der Waals surface area contributed by atoms with Crippen molar-refractivity contribution in [2.24, 2.45) is 11.8 Å². The molecule has 20 heavy (non-hydrogen) atoms. The van der Waals surface area contributed by atoms with E-state index in [-0.39, 0.29) is 0 Å². The molecule has 0 saturated carbocycles. The Morgan fingerprint density at radius 1 is 0.800 bits per heavy atom. The molecule has 0 unspecified atom stereocenters. The van der Waals surface area contributed by atoms with Gasteiger partial charge < -0.3 is 0 Å². The summed E-state index contributed by atoms with van der Waals surface area (Å²) in [5.41, 5.74) is 5.73. The Morgan fingerprint density at radius 3 is 2.10 bits per heavy atom. The van der Waals surface area contributed by atoms with Gasteiger partial charge in [0.05, 0.1) is 0 Å². The summed E-state index contributed by atoms with van der Waals surface area (Å²) in [5, 5.41) is 3.09. The van der Waals surface area contributed by atoms with Crippen LogP contribution in [0.5, 0.6) is 0 Å². The smallest absolute Gasteiger partial charge is 0.0134 e. The van der Waals surface area contributed by atoms with Crippen LogP contribution in [0.25, 0.3) is 5.57 Å². The molecule has 0 atom stereocenters. The molecule has 0 fully saturated rings. The molecule has 1 aromatic rings. The molecular formula is C19H21P. The largest absolute Gasteiger partial charge is 0.0637 e. The van der Waals surface area contributed by atoms with Gasteiger partial charge in [0.2, 0.25) is 0 Å². The van der Waals surface area contributed by atoms with E-state index in [0.717, 1.165) is 0 Å². The Balaban J connectivity index is 2.14. The van der Waals surface area contributed by atoms with E-state index >= 15 is 0 Å². The fraction of sp³-hybridized carbons (Fsp3) is 0.316. The van der Waals surface area contributed by atoms with Crippen LogP contribution in [0.15, 0.2) is 58.9 Å². The molecule has 0 spiro atoms. The topological polar surface area (TPSA) is 0 Å². The molecule has 1 heteroatoms. The Hall–Kier alpha value is -1.39. The molecule has 2 aliphatic rings. The maximum atomic E-state index is 2.43. The van der Waals surface area contributed by atoms with E-state index in [2.05, 4.69) is 70.2 Å². The summed E-state index contributed by atoms with van der Waals surface area (Å²) >= 11 is 0. The molecule has 0 saturated heterocycles. The van der Waals surface area contributed by atoms with E-state index in [1.165, 1.54) is 30.5 Å². The third-order valence-electron chi connectivity index (χ3n) is 3.95. The summed E-state index contributed by atoms with van der Waals surface area (Å²) in [4.78, 5) is 0. The van der Waals surface area contributed by atoms with Gasteiger partial charge in [0.1, 0.15) is 0 Å². The minimum atomic E-state index is 0.591. The molecule has 1 aromatic carbocycles. The summed E-state index contributed by atoms with van der Waals surface area (Å²) in [7, 11) is 1.42. The van der Waals surface area contributed by atoms with Gasteiger partial charge in [-0.05, 0) is 51.6 Å². The van der Waals surface area contributed by atoms with Crippen molar-refractivity contribution in [1.82, 2.24) is 0 Å². The van der Waals surface area contributed by atoms with E-state index in [1.54, 1.807) is 10.6 Å². The highest BCUT2D eigenvalue weighted by molar-refractivity contribution is 7.47. The average Bonchev–Trinajstić information content (AvgIpc) is 2.97. The molecule has 0 bridgehead atoms. The first kappa shape index (κ1) is 13.6. The summed E-state index contributed by atoms with van der Waals surface area (Å²) in [6.07, 6.45) is 4.83. The van der Waals surface area contributed by atoms with Crippen LogP contribution in [-0.2, 0) is 0 Å². The molecule has 1 aliphatic carbocycles. The third kappa shape index (κ3) is 2.23. The van der Waals surface area contributed by atoms with Crippen LogP contribution in [-0.4, -0.2) is 5.29 Å². The quantitative estimate of drug-likeness (QED) is 0.622. The summed E-state index contributed by atoms with van der Waals surface area (Å²) in [6, 6.07) is 10.8. The maximum Gasteiger partial charge on any atom is 0.0134 e. The third-order valence-corrected chi connectivity index (χ3v) is 5.58. The zero-order valence-corrected chi connectivity index (χ0v) is 13.5. The zero-order chi connectivity index (χ0) is 14.3. The lowest BCUT2D eigenvalue weighted by molar-refractivity contribution is 0.808. The van der Waals surface area contributed by atoms with Crippen molar-refractivity contribution in [1.29, 1.82) is 0 Å². The van der Waals surface area contributed by atoms with Crippen molar-refractivity contribution >= 4 is 19.1 Å². The molecule has 0 N–H and O–H groups in total. The Morgan fingerprint density at radius 2 is 1.50 bits per heavy atom. The van der Waals surface area contributed by atoms with E-state index in [1.807, 2.05) is 0 Å². The fourth-order valence-electron chi connectivity index (χ4n) is 2.76. The van der Waals surface area contributed by atoms with Gasteiger partial charge >= 0.3 is 0 Å². The fourth-order valence-corrected chi connectivity index (χ4v) is 4.22. The lowest BCUT2D eigenvalue weighted by Gasteiger charge is -2.08. The predicted octanol–water partition coefficient (Wildman–Crippen LogP) is 5.71. The average molecular weight is 280 g/mol. The standard InChI is InChI=1S/C19H21P/c1-12(2)15-10-16(14-8-6-5-7-9-14)17-11-18(13(3)4)20-19(15)17/h5-13H,1-4H3. The van der Waals surface area contributed by atoms with Crippen molar-refractivity contribution in [2.45, 2.75) is 27.7 Å². The normalized spacial score (nSPS) is 18.4. The number of rotatable bonds is 3. The van der Waals surface area contributed by atoms with Crippen molar-refractivity contribution in [3.63, 3.8) is 0 Å². The molecule has 102 valence electrons. The Bertz CT molecular complexity index is 652. The van der Waals surface area contributed by atoms with Crippen molar-refractivity contribution in [3.8, 4) is 0 Å². The minimum Gasteiger partial charge on any atom is -0.0637 e. The highest BCUT2D eigenvalue weighted by Crippen LogP contribution is 2.45. The van der Waals surface area contributed by atoms with Crippen LogP contribution >= 0.6 is 8.20 Å². The van der Waals surface area contributed by atoms with E-state index in [9.17, 15) is 0 Å². The number of fused-ring (bicyclic) bond motifs is 1. The van der Waals surface area contributed by atoms with Crippen LogP contribution in [0.2, 0.25) is 0 Å². The van der Waals surface area contributed by atoms with Gasteiger partial charge in [-0.3, -0.25) is 0 Å². The van der Waals surface area contributed by atoms with Gasteiger partial charge in [-0.25, -0.2) is 0 Å². The molecule has 3 rings (SSSR count). The van der Waals surface area contributed by atoms with Gasteiger partial charge in [0.15, 0.2) is 0 Å². The summed E-state index contributed by atoms with van der Waals surface area (Å²) < 4.78 is 0. The van der Waals surface area contributed by atoms with Crippen molar-refractivity contribution < 1.29 is 0 Å². The predicted molar refractivity (Wildman–Crippen MR) is 91.1 cm³/mol. The van der Waals surface area contributed by atoms with Gasteiger partial charge in [0.25, 0.3) is 0 Å². The van der Waals surface area contributed by atoms with Crippen LogP contribution in [0.1, 0.15) is 33.3 Å². The van der Waals surface area contributed by atoms with Crippen LogP contribution < -0.4 is 0 Å². The second-order valence-electron chi connectivity index (χ2n) is 6.13. The van der Waals surface area contributed by atoms with E-state index in [4.69, 9.17) is 0 Å². The van der Waals surface area contributed by atoms with E-state index in [0.29, 0.717) is 11.8 Å².